The van der Waals surface area contributed by atoms with Gasteiger partial charge in [-0.3, -0.25) is 4.79 Å². The number of ketones is 1. The number of benzene rings is 2. The molecule has 2 aromatic rings. The van der Waals surface area contributed by atoms with Crippen molar-refractivity contribution >= 4 is 11.8 Å². The SMILES string of the molecule is CCCC(CC)C(N)(CC)C(O)(OC(=O)c1ccccc1)C(=O)c1ccccc1. The van der Waals surface area contributed by atoms with Crippen LogP contribution in [0.5, 0.6) is 0 Å². The number of aliphatic hydroxyl groups is 1. The zero-order chi connectivity index (χ0) is 21.5. The molecule has 0 heterocycles. The Morgan fingerprint density at radius 3 is 1.93 bits per heavy atom. The van der Waals surface area contributed by atoms with Gasteiger partial charge in [0.05, 0.1) is 11.1 Å². The molecule has 5 heteroatoms. The summed E-state index contributed by atoms with van der Waals surface area (Å²) in [4.78, 5) is 26.3. The summed E-state index contributed by atoms with van der Waals surface area (Å²) in [6.45, 7) is 5.79. The Kier molecular flexibility index (Phi) is 7.71. The van der Waals surface area contributed by atoms with Crippen LogP contribution in [-0.4, -0.2) is 28.2 Å². The fourth-order valence-electron chi connectivity index (χ4n) is 3.88. The lowest BCUT2D eigenvalue weighted by Crippen LogP contribution is -2.69. The standard InChI is InChI=1S/C24H31NO4/c1-4-13-20(5-2)23(25,6-3)24(28,21(26)18-14-9-7-10-15-18)29-22(27)19-16-11-8-12-17-19/h7-12,14-17,20,28H,4-6,13,25H2,1-3H3. The number of esters is 1. The van der Waals surface area contributed by atoms with Crippen molar-refractivity contribution in [1.29, 1.82) is 0 Å². The predicted octanol–water partition coefficient (Wildman–Crippen LogP) is 4.35. The molecule has 3 atom stereocenters. The van der Waals surface area contributed by atoms with E-state index in [4.69, 9.17) is 10.5 Å². The summed E-state index contributed by atoms with van der Waals surface area (Å²) in [5.41, 5.74) is 5.78. The van der Waals surface area contributed by atoms with E-state index in [1.54, 1.807) is 67.6 Å². The minimum absolute atomic E-state index is 0.210. The molecule has 0 fully saturated rings. The average molecular weight is 398 g/mol. The van der Waals surface area contributed by atoms with E-state index in [0.717, 1.165) is 6.42 Å². The molecule has 3 unspecified atom stereocenters. The molecule has 0 amide bonds. The number of carbonyl (C=O) groups excluding carboxylic acids is 2. The molecule has 0 radical (unpaired) electrons. The molecule has 0 spiro atoms. The number of hydrogen-bond acceptors (Lipinski definition) is 5. The van der Waals surface area contributed by atoms with Crippen molar-refractivity contribution in [2.75, 3.05) is 0 Å². The van der Waals surface area contributed by atoms with Crippen molar-refractivity contribution < 1.29 is 19.4 Å². The largest absolute Gasteiger partial charge is 0.419 e. The Morgan fingerprint density at radius 1 is 0.966 bits per heavy atom. The summed E-state index contributed by atoms with van der Waals surface area (Å²) in [5, 5.41) is 11.7. The van der Waals surface area contributed by atoms with E-state index in [1.807, 2.05) is 13.8 Å². The van der Waals surface area contributed by atoms with Crippen LogP contribution in [0.25, 0.3) is 0 Å². The third kappa shape index (κ3) is 4.57. The normalized spacial score (nSPS) is 16.3. The molecule has 5 nitrogen and oxygen atoms in total. The van der Waals surface area contributed by atoms with Crippen molar-refractivity contribution in [1.82, 2.24) is 0 Å². The van der Waals surface area contributed by atoms with Crippen molar-refractivity contribution in [3.63, 3.8) is 0 Å². The van der Waals surface area contributed by atoms with Gasteiger partial charge < -0.3 is 15.6 Å². The molecule has 156 valence electrons. The minimum atomic E-state index is -2.49. The highest BCUT2D eigenvalue weighted by molar-refractivity contribution is 6.04. The highest BCUT2D eigenvalue weighted by Gasteiger charge is 2.59. The summed E-state index contributed by atoms with van der Waals surface area (Å²) >= 11 is 0. The third-order valence-corrected chi connectivity index (χ3v) is 5.67. The van der Waals surface area contributed by atoms with E-state index >= 15 is 0 Å². The van der Waals surface area contributed by atoms with Crippen LogP contribution in [0.4, 0.5) is 0 Å². The summed E-state index contributed by atoms with van der Waals surface area (Å²) in [6, 6.07) is 16.6. The summed E-state index contributed by atoms with van der Waals surface area (Å²) < 4.78 is 5.57. The van der Waals surface area contributed by atoms with Gasteiger partial charge in [-0.05, 0) is 30.9 Å². The van der Waals surface area contributed by atoms with Gasteiger partial charge in [0.15, 0.2) is 0 Å². The van der Waals surface area contributed by atoms with Gasteiger partial charge in [0.2, 0.25) is 5.78 Å². The molecule has 2 aromatic carbocycles. The topological polar surface area (TPSA) is 89.6 Å². The van der Waals surface area contributed by atoms with Crippen LogP contribution in [0.2, 0.25) is 0 Å². The second kappa shape index (κ2) is 9.81. The first-order chi connectivity index (χ1) is 13.8. The third-order valence-electron chi connectivity index (χ3n) is 5.67. The number of ether oxygens (including phenoxy) is 1. The highest BCUT2D eigenvalue weighted by atomic mass is 16.7. The number of carbonyl (C=O) groups is 2. The molecule has 29 heavy (non-hydrogen) atoms. The van der Waals surface area contributed by atoms with Crippen LogP contribution in [0.1, 0.15) is 67.2 Å². The lowest BCUT2D eigenvalue weighted by Gasteiger charge is -2.46. The van der Waals surface area contributed by atoms with E-state index in [2.05, 4.69) is 0 Å². The maximum absolute atomic E-state index is 13.5. The second-order valence-corrected chi connectivity index (χ2v) is 7.38. The van der Waals surface area contributed by atoms with Crippen LogP contribution in [0.3, 0.4) is 0 Å². The van der Waals surface area contributed by atoms with Gasteiger partial charge in [-0.2, -0.15) is 0 Å². The van der Waals surface area contributed by atoms with E-state index < -0.39 is 23.1 Å². The lowest BCUT2D eigenvalue weighted by atomic mass is 9.70. The van der Waals surface area contributed by atoms with Gasteiger partial charge in [0, 0.05) is 5.56 Å². The summed E-state index contributed by atoms with van der Waals surface area (Å²) in [5.74, 6) is -4.20. The Morgan fingerprint density at radius 2 is 1.48 bits per heavy atom. The maximum Gasteiger partial charge on any atom is 0.341 e. The Bertz CT molecular complexity index is 808. The molecule has 0 saturated carbocycles. The summed E-state index contributed by atoms with van der Waals surface area (Å²) in [7, 11) is 0. The molecule has 0 aliphatic heterocycles. The predicted molar refractivity (Wildman–Crippen MR) is 113 cm³/mol. The molecule has 0 aliphatic rings. The number of rotatable bonds is 10. The van der Waals surface area contributed by atoms with Gasteiger partial charge in [-0.1, -0.05) is 82.1 Å². The van der Waals surface area contributed by atoms with Crippen LogP contribution in [0.15, 0.2) is 60.7 Å². The fraction of sp³-hybridized carbons (Fsp3) is 0.417. The Balaban J connectivity index is 2.57. The van der Waals surface area contributed by atoms with E-state index in [9.17, 15) is 14.7 Å². The molecule has 3 N–H and O–H groups in total. The van der Waals surface area contributed by atoms with Gasteiger partial charge in [-0.15, -0.1) is 0 Å². The van der Waals surface area contributed by atoms with Gasteiger partial charge in [0.25, 0.3) is 5.79 Å². The smallest absolute Gasteiger partial charge is 0.341 e. The lowest BCUT2D eigenvalue weighted by molar-refractivity contribution is -0.188. The van der Waals surface area contributed by atoms with E-state index in [1.165, 1.54) is 0 Å². The highest BCUT2D eigenvalue weighted by Crippen LogP contribution is 2.39. The molecule has 0 saturated heterocycles. The molecule has 2 rings (SSSR count). The molecule has 0 aliphatic carbocycles. The van der Waals surface area contributed by atoms with Gasteiger partial charge in [-0.25, -0.2) is 4.79 Å². The van der Waals surface area contributed by atoms with Crippen LogP contribution in [-0.2, 0) is 4.74 Å². The number of Topliss-reactive ketones (excluding diaryl/α,β-unsaturated/α-hetero) is 1. The van der Waals surface area contributed by atoms with Crippen molar-refractivity contribution in [3.05, 3.63) is 71.8 Å². The quantitative estimate of drug-likeness (QED) is 0.353. The van der Waals surface area contributed by atoms with Crippen LogP contribution in [0, 0.1) is 5.92 Å². The minimum Gasteiger partial charge on any atom is -0.419 e. The first-order valence-corrected chi connectivity index (χ1v) is 10.2. The Hall–Kier alpha value is -2.50. The maximum atomic E-state index is 13.5. The van der Waals surface area contributed by atoms with Crippen molar-refractivity contribution in [2.24, 2.45) is 11.7 Å². The molecule has 0 aromatic heterocycles. The zero-order valence-electron chi connectivity index (χ0n) is 17.4. The summed E-state index contributed by atoms with van der Waals surface area (Å²) in [6.07, 6.45) is 2.45. The van der Waals surface area contributed by atoms with Gasteiger partial charge in [0.1, 0.15) is 0 Å². The van der Waals surface area contributed by atoms with Crippen molar-refractivity contribution in [3.8, 4) is 0 Å². The van der Waals surface area contributed by atoms with Crippen molar-refractivity contribution in [2.45, 2.75) is 57.8 Å². The number of nitrogens with two attached hydrogens (primary N) is 1. The van der Waals surface area contributed by atoms with Gasteiger partial charge >= 0.3 is 5.97 Å². The van der Waals surface area contributed by atoms with E-state index in [-0.39, 0.29) is 23.5 Å². The first-order valence-electron chi connectivity index (χ1n) is 10.2. The Labute approximate surface area is 172 Å². The van der Waals surface area contributed by atoms with Crippen LogP contribution >= 0.6 is 0 Å². The molecule has 0 bridgehead atoms. The monoisotopic (exact) mass is 397 g/mol. The molecular formula is C24H31NO4. The molecular weight excluding hydrogens is 366 g/mol. The zero-order valence-corrected chi connectivity index (χ0v) is 17.4. The van der Waals surface area contributed by atoms with Crippen LogP contribution < -0.4 is 5.73 Å². The average Bonchev–Trinajstić information content (AvgIpc) is 2.77. The fourth-order valence-corrected chi connectivity index (χ4v) is 3.88. The van der Waals surface area contributed by atoms with E-state index in [0.29, 0.717) is 12.8 Å². The second-order valence-electron chi connectivity index (χ2n) is 7.38. The first kappa shape index (κ1) is 22.8. The number of hydrogen-bond donors (Lipinski definition) is 2.